The van der Waals surface area contributed by atoms with E-state index in [1.54, 1.807) is 0 Å². The van der Waals surface area contributed by atoms with E-state index in [0.717, 1.165) is 32.1 Å². The fraction of sp³-hybridized carbons (Fsp3) is 1.00. The molecule has 0 aliphatic heterocycles. The molecule has 0 spiro atoms. The molecule has 0 heterocycles. The Morgan fingerprint density at radius 2 is 1.81 bits per heavy atom. The number of hydrogen-bond donors (Lipinski definition) is 0. The van der Waals surface area contributed by atoms with E-state index in [4.69, 9.17) is 4.74 Å². The Labute approximate surface area is 106 Å². The van der Waals surface area contributed by atoms with Gasteiger partial charge in [-0.1, -0.05) is 13.8 Å². The summed E-state index contributed by atoms with van der Waals surface area (Å²) in [5, 5.41) is 0. The Kier molecular flexibility index (Phi) is 11.9. The molecular weight excluding hydrogens is 218 g/mol. The van der Waals surface area contributed by atoms with Crippen LogP contribution in [0.4, 0.5) is 0 Å². The van der Waals surface area contributed by atoms with Gasteiger partial charge < -0.3 is 9.64 Å². The zero-order chi connectivity index (χ0) is 12.2. The van der Waals surface area contributed by atoms with Gasteiger partial charge in [0.25, 0.3) is 0 Å². The highest BCUT2D eigenvalue weighted by Gasteiger charge is 1.98. The van der Waals surface area contributed by atoms with Crippen LogP contribution in [0.1, 0.15) is 33.1 Å². The van der Waals surface area contributed by atoms with E-state index in [9.17, 15) is 0 Å². The fourth-order valence-electron chi connectivity index (χ4n) is 1.49. The normalized spacial score (nSPS) is 11.6. The van der Waals surface area contributed by atoms with Crippen LogP contribution in [0.15, 0.2) is 0 Å². The molecule has 0 unspecified atom stereocenters. The van der Waals surface area contributed by atoms with Crippen molar-refractivity contribution in [2.45, 2.75) is 33.1 Å². The maximum Gasteiger partial charge on any atom is 0.0478 e. The summed E-state index contributed by atoms with van der Waals surface area (Å²) in [6.45, 7) is 8.73. The van der Waals surface area contributed by atoms with Gasteiger partial charge in [-0.05, 0) is 38.5 Å². The molecule has 0 fully saturated rings. The van der Waals surface area contributed by atoms with Gasteiger partial charge in [-0.15, -0.1) is 0 Å². The lowest BCUT2D eigenvalue weighted by molar-refractivity contribution is 0.118. The van der Waals surface area contributed by atoms with Gasteiger partial charge in [0.2, 0.25) is 0 Å². The lowest BCUT2D eigenvalue weighted by Crippen LogP contribution is -2.23. The Hall–Kier alpha value is 0.270. The molecule has 3 heteroatoms. The second kappa shape index (κ2) is 11.7. The van der Waals surface area contributed by atoms with Crippen molar-refractivity contribution < 1.29 is 4.74 Å². The first kappa shape index (κ1) is 16.3. The maximum atomic E-state index is 5.61. The highest BCUT2D eigenvalue weighted by Crippen LogP contribution is 2.03. The summed E-state index contributed by atoms with van der Waals surface area (Å²) < 4.78 is 5.61. The molecule has 0 rings (SSSR count). The van der Waals surface area contributed by atoms with Crippen LogP contribution in [0, 0.1) is 5.92 Å². The van der Waals surface area contributed by atoms with Crippen molar-refractivity contribution in [1.82, 2.24) is 4.90 Å². The van der Waals surface area contributed by atoms with Crippen LogP contribution in [0.3, 0.4) is 0 Å². The van der Waals surface area contributed by atoms with Gasteiger partial charge in [-0.3, -0.25) is 0 Å². The van der Waals surface area contributed by atoms with Crippen LogP contribution in [0.5, 0.6) is 0 Å². The molecule has 16 heavy (non-hydrogen) atoms. The summed E-state index contributed by atoms with van der Waals surface area (Å²) in [6.07, 6.45) is 5.81. The molecule has 0 bridgehead atoms. The zero-order valence-electron chi connectivity index (χ0n) is 11.5. The number of rotatable bonds is 11. The lowest BCUT2D eigenvalue weighted by Gasteiger charge is -2.15. The molecule has 0 saturated heterocycles. The first-order valence-electron chi connectivity index (χ1n) is 6.42. The minimum atomic E-state index is 0.807. The van der Waals surface area contributed by atoms with Gasteiger partial charge in [0.05, 0.1) is 0 Å². The summed E-state index contributed by atoms with van der Waals surface area (Å²) in [4.78, 5) is 2.38. The number of ether oxygens (including phenoxy) is 1. The third kappa shape index (κ3) is 12.3. The van der Waals surface area contributed by atoms with Crippen LogP contribution in [0.25, 0.3) is 0 Å². The molecular formula is C13H29NOS. The molecule has 98 valence electrons. The van der Waals surface area contributed by atoms with Crippen LogP contribution >= 0.6 is 11.8 Å². The van der Waals surface area contributed by atoms with E-state index < -0.39 is 0 Å². The number of nitrogens with zero attached hydrogens (tertiary/aromatic N) is 1. The topological polar surface area (TPSA) is 12.5 Å². The Morgan fingerprint density at radius 3 is 2.44 bits per heavy atom. The minimum absolute atomic E-state index is 0.807. The van der Waals surface area contributed by atoms with E-state index in [1.165, 1.54) is 25.1 Å². The molecule has 0 amide bonds. The van der Waals surface area contributed by atoms with Crippen molar-refractivity contribution in [2.75, 3.05) is 45.4 Å². The number of thioether (sulfide) groups is 1. The maximum absolute atomic E-state index is 5.61. The van der Waals surface area contributed by atoms with Gasteiger partial charge in [0.15, 0.2) is 0 Å². The summed E-state index contributed by atoms with van der Waals surface area (Å²) in [7, 11) is 2.19. The summed E-state index contributed by atoms with van der Waals surface area (Å²) in [5.74, 6) is 2.03. The van der Waals surface area contributed by atoms with Crippen molar-refractivity contribution in [1.29, 1.82) is 0 Å². The zero-order valence-corrected chi connectivity index (χ0v) is 12.3. The molecule has 0 aromatic carbocycles. The molecule has 0 aromatic rings. The summed E-state index contributed by atoms with van der Waals surface area (Å²) in [5.41, 5.74) is 0. The van der Waals surface area contributed by atoms with Crippen LogP contribution in [0.2, 0.25) is 0 Å². The minimum Gasteiger partial charge on any atom is -0.381 e. The third-order valence-electron chi connectivity index (χ3n) is 2.58. The van der Waals surface area contributed by atoms with Crippen LogP contribution < -0.4 is 0 Å². The molecule has 0 radical (unpaired) electrons. The van der Waals surface area contributed by atoms with Crippen molar-refractivity contribution in [2.24, 2.45) is 5.92 Å². The quantitative estimate of drug-likeness (QED) is 0.521. The van der Waals surface area contributed by atoms with Gasteiger partial charge >= 0.3 is 0 Å². The fourth-order valence-corrected chi connectivity index (χ4v) is 1.99. The van der Waals surface area contributed by atoms with Crippen LogP contribution in [-0.2, 0) is 4.74 Å². The molecule has 0 N–H and O–H groups in total. The Morgan fingerprint density at radius 1 is 1.12 bits per heavy atom. The second-order valence-electron chi connectivity index (χ2n) is 4.80. The standard InChI is InChI=1S/C13H29NOS/c1-13(2)7-5-10-15-11-6-8-14(3)9-12-16-4/h13H,5-12H2,1-4H3. The van der Waals surface area contributed by atoms with Crippen molar-refractivity contribution >= 4 is 11.8 Å². The van der Waals surface area contributed by atoms with Crippen molar-refractivity contribution in [3.63, 3.8) is 0 Å². The summed E-state index contributed by atoms with van der Waals surface area (Å²) in [6, 6.07) is 0. The van der Waals surface area contributed by atoms with E-state index in [1.807, 2.05) is 11.8 Å². The van der Waals surface area contributed by atoms with E-state index in [-0.39, 0.29) is 0 Å². The average Bonchev–Trinajstić information content (AvgIpc) is 2.24. The van der Waals surface area contributed by atoms with Gasteiger partial charge in [-0.25, -0.2) is 0 Å². The first-order valence-corrected chi connectivity index (χ1v) is 7.81. The molecule has 0 aliphatic carbocycles. The SMILES string of the molecule is CSCCN(C)CCCOCCCC(C)C. The lowest BCUT2D eigenvalue weighted by atomic mass is 10.1. The van der Waals surface area contributed by atoms with Crippen molar-refractivity contribution in [3.05, 3.63) is 0 Å². The molecule has 0 atom stereocenters. The molecule has 2 nitrogen and oxygen atoms in total. The first-order chi connectivity index (χ1) is 7.66. The average molecular weight is 247 g/mol. The second-order valence-corrected chi connectivity index (χ2v) is 5.78. The largest absolute Gasteiger partial charge is 0.381 e. The predicted octanol–water partition coefficient (Wildman–Crippen LogP) is 3.12. The number of hydrogen-bond acceptors (Lipinski definition) is 3. The molecule has 0 saturated carbocycles. The molecule has 0 aromatic heterocycles. The van der Waals surface area contributed by atoms with Gasteiger partial charge in [-0.2, -0.15) is 11.8 Å². The predicted molar refractivity (Wildman–Crippen MR) is 75.4 cm³/mol. The van der Waals surface area contributed by atoms with E-state index in [2.05, 4.69) is 32.1 Å². The van der Waals surface area contributed by atoms with E-state index >= 15 is 0 Å². The van der Waals surface area contributed by atoms with Gasteiger partial charge in [0, 0.05) is 32.1 Å². The summed E-state index contributed by atoms with van der Waals surface area (Å²) >= 11 is 1.91. The van der Waals surface area contributed by atoms with Crippen molar-refractivity contribution in [3.8, 4) is 0 Å². The molecule has 0 aliphatic rings. The Bertz CT molecular complexity index is 142. The highest BCUT2D eigenvalue weighted by molar-refractivity contribution is 7.98. The van der Waals surface area contributed by atoms with Gasteiger partial charge in [0.1, 0.15) is 0 Å². The monoisotopic (exact) mass is 247 g/mol. The smallest absolute Gasteiger partial charge is 0.0478 e. The van der Waals surface area contributed by atoms with Crippen LogP contribution in [-0.4, -0.2) is 50.3 Å². The Balaban J connectivity index is 3.08. The third-order valence-corrected chi connectivity index (χ3v) is 3.17. The van der Waals surface area contributed by atoms with E-state index in [0.29, 0.717) is 0 Å². The highest BCUT2D eigenvalue weighted by atomic mass is 32.2.